The van der Waals surface area contributed by atoms with Gasteiger partial charge in [0.05, 0.1) is 11.4 Å². The molecule has 0 atom stereocenters. The molecule has 2 fully saturated rings. The summed E-state index contributed by atoms with van der Waals surface area (Å²) in [6.07, 6.45) is 0.902. The molecule has 13 nitrogen and oxygen atoms in total. The maximum absolute atomic E-state index is 14.2. The Balaban J connectivity index is 1.33. The van der Waals surface area contributed by atoms with Gasteiger partial charge in [0.2, 0.25) is 17.6 Å². The number of hydrogen-bond acceptors (Lipinski definition) is 9. The summed E-state index contributed by atoms with van der Waals surface area (Å²) in [5.74, 6) is -0.252. The molecule has 4 aromatic rings. The van der Waals surface area contributed by atoms with Crippen LogP contribution in [0.5, 0.6) is 0 Å². The van der Waals surface area contributed by atoms with Crippen molar-refractivity contribution in [2.45, 2.75) is 58.7 Å². The Morgan fingerprint density at radius 1 is 0.939 bits per heavy atom. The Labute approximate surface area is 284 Å². The zero-order valence-corrected chi connectivity index (χ0v) is 27.9. The zero-order chi connectivity index (χ0) is 34.9. The lowest BCUT2D eigenvalue weighted by atomic mass is 10.1. The van der Waals surface area contributed by atoms with E-state index in [2.05, 4.69) is 20.4 Å². The molecule has 6 rings (SSSR count). The summed E-state index contributed by atoms with van der Waals surface area (Å²) < 4.78 is 42.2. The van der Waals surface area contributed by atoms with Crippen molar-refractivity contribution in [3.63, 3.8) is 0 Å². The van der Waals surface area contributed by atoms with Crippen LogP contribution in [0.15, 0.2) is 35.3 Å². The number of carbonyl (C=O) groups is 2. The summed E-state index contributed by atoms with van der Waals surface area (Å²) >= 11 is 6.02. The van der Waals surface area contributed by atoms with Crippen molar-refractivity contribution in [2.75, 3.05) is 54.4 Å². The van der Waals surface area contributed by atoms with Crippen molar-refractivity contribution in [1.29, 1.82) is 0 Å². The number of pyridine rings is 2. The van der Waals surface area contributed by atoms with E-state index in [0.29, 0.717) is 62.0 Å². The monoisotopic (exact) mass is 700 g/mol. The molecule has 49 heavy (non-hydrogen) atoms. The molecular formula is C32H36ClF3N10O3. The number of rotatable bonds is 8. The zero-order valence-electron chi connectivity index (χ0n) is 27.1. The first kappa shape index (κ1) is 34.1. The van der Waals surface area contributed by atoms with E-state index in [9.17, 15) is 27.6 Å². The highest BCUT2D eigenvalue weighted by molar-refractivity contribution is 6.32. The molecule has 260 valence electrons. The normalized spacial score (nSPS) is 15.6. The molecule has 0 radical (unpaired) electrons. The number of piperidine rings is 1. The van der Waals surface area contributed by atoms with Gasteiger partial charge in [-0.15, -0.1) is 5.10 Å². The minimum absolute atomic E-state index is 0.0922. The molecule has 4 aromatic heterocycles. The van der Waals surface area contributed by atoms with Gasteiger partial charge in [-0.3, -0.25) is 19.4 Å². The fourth-order valence-corrected chi connectivity index (χ4v) is 6.57. The van der Waals surface area contributed by atoms with Gasteiger partial charge in [0, 0.05) is 45.5 Å². The van der Waals surface area contributed by atoms with E-state index < -0.39 is 28.5 Å². The number of hydrogen-bond donors (Lipinski definition) is 1. The van der Waals surface area contributed by atoms with E-state index in [-0.39, 0.29) is 23.9 Å². The molecule has 6 heterocycles. The molecule has 0 aromatic carbocycles. The van der Waals surface area contributed by atoms with Crippen molar-refractivity contribution in [3.8, 4) is 0 Å². The van der Waals surface area contributed by atoms with E-state index in [0.717, 1.165) is 50.0 Å². The average molecular weight is 701 g/mol. The summed E-state index contributed by atoms with van der Waals surface area (Å²) in [5, 5.41) is 6.64. The Kier molecular flexibility index (Phi) is 9.77. The predicted molar refractivity (Wildman–Crippen MR) is 177 cm³/mol. The number of piperazine rings is 1. The molecule has 2 saturated heterocycles. The molecule has 0 aliphatic carbocycles. The largest absolute Gasteiger partial charge is 0.433 e. The maximum atomic E-state index is 14.2. The highest BCUT2D eigenvalue weighted by atomic mass is 35.5. The topological polar surface area (TPSA) is 134 Å². The van der Waals surface area contributed by atoms with Crippen LogP contribution in [0, 0.1) is 0 Å². The SMILES string of the molecule is CCc1cccnc1C(=O)N1CCN(c2c(CC)n(CC(=O)Nc3ccc(C(F)(F)F)nc3Cl)c3nc(N4CCCCC4)nn3c2=O)CC1. The maximum Gasteiger partial charge on any atom is 0.433 e. The second kappa shape index (κ2) is 14.0. The number of anilines is 3. The quantitative estimate of drug-likeness (QED) is 0.270. The van der Waals surface area contributed by atoms with E-state index in [1.54, 1.807) is 21.7 Å². The number of amides is 2. The van der Waals surface area contributed by atoms with E-state index >= 15 is 0 Å². The molecule has 0 unspecified atom stereocenters. The van der Waals surface area contributed by atoms with Gasteiger partial charge in [-0.1, -0.05) is 31.5 Å². The number of nitrogens with one attached hydrogen (secondary N) is 1. The summed E-state index contributed by atoms with van der Waals surface area (Å²) in [6, 6.07) is 5.47. The lowest BCUT2D eigenvalue weighted by molar-refractivity contribution is -0.141. The van der Waals surface area contributed by atoms with Crippen molar-refractivity contribution >= 4 is 46.5 Å². The molecule has 1 N–H and O–H groups in total. The minimum Gasteiger partial charge on any atom is -0.362 e. The lowest BCUT2D eigenvalue weighted by Gasteiger charge is -2.36. The molecule has 0 saturated carbocycles. The molecule has 0 spiro atoms. The summed E-state index contributed by atoms with van der Waals surface area (Å²) in [5.41, 5.74) is 0.470. The van der Waals surface area contributed by atoms with Crippen molar-refractivity contribution in [3.05, 3.63) is 68.6 Å². The van der Waals surface area contributed by atoms with Crippen LogP contribution >= 0.6 is 11.6 Å². The third-order valence-electron chi connectivity index (χ3n) is 8.86. The van der Waals surface area contributed by atoms with Gasteiger partial charge in [0.25, 0.3) is 11.5 Å². The third-order valence-corrected chi connectivity index (χ3v) is 9.15. The molecular weight excluding hydrogens is 665 g/mol. The van der Waals surface area contributed by atoms with Crippen LogP contribution in [0.3, 0.4) is 0 Å². The van der Waals surface area contributed by atoms with Crippen LogP contribution in [0.25, 0.3) is 5.78 Å². The lowest BCUT2D eigenvalue weighted by Crippen LogP contribution is -2.51. The van der Waals surface area contributed by atoms with Crippen molar-refractivity contribution in [2.24, 2.45) is 0 Å². The van der Waals surface area contributed by atoms with Crippen molar-refractivity contribution < 1.29 is 22.8 Å². The van der Waals surface area contributed by atoms with Crippen LogP contribution in [0.4, 0.5) is 30.5 Å². The number of nitrogens with zero attached hydrogens (tertiary/aromatic N) is 9. The highest BCUT2D eigenvalue weighted by Crippen LogP contribution is 2.31. The van der Waals surface area contributed by atoms with Crippen LogP contribution in [-0.2, 0) is 30.4 Å². The van der Waals surface area contributed by atoms with Crippen LogP contribution in [0.1, 0.15) is 60.5 Å². The van der Waals surface area contributed by atoms with Gasteiger partial charge >= 0.3 is 6.18 Å². The molecule has 0 bridgehead atoms. The van der Waals surface area contributed by atoms with Gasteiger partial charge in [0.15, 0.2) is 5.15 Å². The first-order valence-corrected chi connectivity index (χ1v) is 16.7. The van der Waals surface area contributed by atoms with Gasteiger partial charge in [-0.2, -0.15) is 22.7 Å². The standard InChI is InChI=1S/C32H36ClF3N10O3/c1-3-20-9-8-12-37-25(20)28(48)43-17-15-42(16-18-43)26-22(4-2)45(19-24(47)38-21-10-11-23(32(34,35)36)39-27(21)33)31-40-30(41-46(31)29(26)49)44-13-6-5-7-14-44/h8-12H,3-7,13-19H2,1-2H3,(H,38,47). The van der Waals surface area contributed by atoms with E-state index in [4.69, 9.17) is 16.6 Å². The number of alkyl halides is 3. The first-order chi connectivity index (χ1) is 23.5. The fourth-order valence-electron chi connectivity index (χ4n) is 6.36. The van der Waals surface area contributed by atoms with Gasteiger partial charge in [0.1, 0.15) is 23.6 Å². The fraction of sp³-hybridized carbons (Fsp3) is 0.469. The first-order valence-electron chi connectivity index (χ1n) is 16.3. The van der Waals surface area contributed by atoms with E-state index in [1.807, 2.05) is 29.7 Å². The smallest absolute Gasteiger partial charge is 0.362 e. The van der Waals surface area contributed by atoms with Gasteiger partial charge in [-0.25, -0.2) is 4.98 Å². The van der Waals surface area contributed by atoms with Gasteiger partial charge in [-0.05, 0) is 55.9 Å². The number of carbonyl (C=O) groups excluding carboxylic acids is 2. The van der Waals surface area contributed by atoms with Crippen LogP contribution in [0.2, 0.25) is 5.15 Å². The Bertz CT molecular complexity index is 1930. The average Bonchev–Trinajstić information content (AvgIpc) is 3.56. The Hall–Kier alpha value is -4.73. The summed E-state index contributed by atoms with van der Waals surface area (Å²) in [6.45, 7) is 6.32. The van der Waals surface area contributed by atoms with Crippen molar-refractivity contribution in [1.82, 2.24) is 34.0 Å². The van der Waals surface area contributed by atoms with E-state index in [1.165, 1.54) is 4.52 Å². The van der Waals surface area contributed by atoms with Crippen LogP contribution in [-0.4, -0.2) is 85.1 Å². The summed E-state index contributed by atoms with van der Waals surface area (Å²) in [7, 11) is 0. The van der Waals surface area contributed by atoms with Gasteiger partial charge < -0.3 is 24.6 Å². The third kappa shape index (κ3) is 6.91. The molecule has 2 aliphatic rings. The number of fused-ring (bicyclic) bond motifs is 1. The number of aromatic nitrogens is 6. The second-order valence-corrected chi connectivity index (χ2v) is 12.3. The Morgan fingerprint density at radius 3 is 2.33 bits per heavy atom. The van der Waals surface area contributed by atoms with Crippen LogP contribution < -0.4 is 20.7 Å². The summed E-state index contributed by atoms with van der Waals surface area (Å²) in [4.78, 5) is 59.1. The second-order valence-electron chi connectivity index (χ2n) is 11.9. The molecule has 17 heteroatoms. The minimum atomic E-state index is -4.70. The predicted octanol–water partition coefficient (Wildman–Crippen LogP) is 4.07. The molecule has 2 aliphatic heterocycles. The number of halogens is 4. The molecule has 2 amide bonds. The highest BCUT2D eigenvalue weighted by Gasteiger charge is 2.34. The Morgan fingerprint density at radius 2 is 1.67 bits per heavy atom. The number of aryl methyl sites for hydroxylation is 1.